The SMILES string of the molecule is C=C/C=C(/CCC)c1cc(OC)ccc1C. The van der Waals surface area contributed by atoms with Crippen LogP contribution in [0.25, 0.3) is 5.57 Å². The molecule has 0 atom stereocenters. The van der Waals surface area contributed by atoms with E-state index in [1.807, 2.05) is 12.1 Å². The molecule has 16 heavy (non-hydrogen) atoms. The Labute approximate surface area is 98.5 Å². The molecular weight excluding hydrogens is 196 g/mol. The Balaban J connectivity index is 3.16. The molecule has 1 heteroatoms. The average molecular weight is 216 g/mol. The van der Waals surface area contributed by atoms with E-state index in [1.165, 1.54) is 16.7 Å². The lowest BCUT2D eigenvalue weighted by Crippen LogP contribution is -1.91. The van der Waals surface area contributed by atoms with Crippen molar-refractivity contribution in [2.75, 3.05) is 7.11 Å². The molecule has 0 fully saturated rings. The van der Waals surface area contributed by atoms with Crippen molar-refractivity contribution >= 4 is 5.57 Å². The predicted octanol–water partition coefficient (Wildman–Crippen LogP) is 4.37. The van der Waals surface area contributed by atoms with Gasteiger partial charge in [-0.15, -0.1) is 0 Å². The molecule has 86 valence electrons. The van der Waals surface area contributed by atoms with Crippen LogP contribution in [0.4, 0.5) is 0 Å². The van der Waals surface area contributed by atoms with Crippen LogP contribution in [0.3, 0.4) is 0 Å². The number of rotatable bonds is 5. The molecule has 0 bridgehead atoms. The highest BCUT2D eigenvalue weighted by Gasteiger charge is 2.05. The zero-order valence-corrected chi connectivity index (χ0v) is 10.4. The first-order chi connectivity index (χ1) is 7.72. The topological polar surface area (TPSA) is 9.23 Å². The van der Waals surface area contributed by atoms with Gasteiger partial charge in [0.25, 0.3) is 0 Å². The molecule has 0 aromatic heterocycles. The fraction of sp³-hybridized carbons (Fsp3) is 0.333. The summed E-state index contributed by atoms with van der Waals surface area (Å²) in [6.07, 6.45) is 6.14. The predicted molar refractivity (Wildman–Crippen MR) is 70.8 cm³/mol. The highest BCUT2D eigenvalue weighted by Crippen LogP contribution is 2.27. The van der Waals surface area contributed by atoms with Crippen LogP contribution in [-0.4, -0.2) is 7.11 Å². The van der Waals surface area contributed by atoms with E-state index in [0.29, 0.717) is 0 Å². The first-order valence-corrected chi connectivity index (χ1v) is 5.69. The Morgan fingerprint density at radius 2 is 2.19 bits per heavy atom. The average Bonchev–Trinajstić information content (AvgIpc) is 2.29. The van der Waals surface area contributed by atoms with E-state index in [9.17, 15) is 0 Å². The number of benzene rings is 1. The number of hydrogen-bond donors (Lipinski definition) is 0. The molecule has 1 rings (SSSR count). The lowest BCUT2D eigenvalue weighted by Gasteiger charge is -2.11. The Morgan fingerprint density at radius 1 is 1.44 bits per heavy atom. The van der Waals surface area contributed by atoms with Gasteiger partial charge >= 0.3 is 0 Å². The van der Waals surface area contributed by atoms with Gasteiger partial charge in [0, 0.05) is 0 Å². The summed E-state index contributed by atoms with van der Waals surface area (Å²) in [4.78, 5) is 0. The lowest BCUT2D eigenvalue weighted by molar-refractivity contribution is 0.414. The van der Waals surface area contributed by atoms with Gasteiger partial charge in [-0.1, -0.05) is 38.1 Å². The van der Waals surface area contributed by atoms with Gasteiger partial charge in [-0.3, -0.25) is 0 Å². The molecule has 0 spiro atoms. The molecule has 0 aliphatic rings. The van der Waals surface area contributed by atoms with Gasteiger partial charge in [0.2, 0.25) is 0 Å². The summed E-state index contributed by atoms with van der Waals surface area (Å²) in [6.45, 7) is 8.09. The number of methoxy groups -OCH3 is 1. The number of hydrogen-bond acceptors (Lipinski definition) is 1. The van der Waals surface area contributed by atoms with E-state index in [2.05, 4.69) is 38.6 Å². The van der Waals surface area contributed by atoms with Crippen molar-refractivity contribution in [1.82, 2.24) is 0 Å². The van der Waals surface area contributed by atoms with Crippen LogP contribution in [0.2, 0.25) is 0 Å². The molecule has 0 aliphatic carbocycles. The number of allylic oxidation sites excluding steroid dienone is 3. The minimum absolute atomic E-state index is 0.909. The van der Waals surface area contributed by atoms with E-state index < -0.39 is 0 Å². The molecule has 0 heterocycles. The second kappa shape index (κ2) is 6.16. The number of aryl methyl sites for hydroxylation is 1. The number of ether oxygens (including phenoxy) is 1. The van der Waals surface area contributed by atoms with Crippen molar-refractivity contribution in [3.63, 3.8) is 0 Å². The standard InChI is InChI=1S/C15H20O/c1-5-7-13(8-6-2)15-11-14(16-4)10-9-12(15)3/h5,7,9-11H,1,6,8H2,2-4H3/b13-7-. The maximum atomic E-state index is 5.26. The highest BCUT2D eigenvalue weighted by atomic mass is 16.5. The van der Waals surface area contributed by atoms with Gasteiger partial charge in [0.15, 0.2) is 0 Å². The van der Waals surface area contributed by atoms with Crippen molar-refractivity contribution in [2.45, 2.75) is 26.7 Å². The van der Waals surface area contributed by atoms with Crippen molar-refractivity contribution in [3.05, 3.63) is 48.1 Å². The monoisotopic (exact) mass is 216 g/mol. The highest BCUT2D eigenvalue weighted by molar-refractivity contribution is 5.70. The van der Waals surface area contributed by atoms with Crippen LogP contribution in [0, 0.1) is 6.92 Å². The maximum Gasteiger partial charge on any atom is 0.119 e. The van der Waals surface area contributed by atoms with E-state index in [0.717, 1.165) is 18.6 Å². The molecule has 0 amide bonds. The normalized spacial score (nSPS) is 11.3. The Morgan fingerprint density at radius 3 is 2.75 bits per heavy atom. The third-order valence-corrected chi connectivity index (χ3v) is 2.63. The summed E-state index contributed by atoms with van der Waals surface area (Å²) in [5.41, 5.74) is 3.87. The largest absolute Gasteiger partial charge is 0.497 e. The van der Waals surface area contributed by atoms with Crippen molar-refractivity contribution in [1.29, 1.82) is 0 Å². The molecule has 0 saturated carbocycles. The summed E-state index contributed by atoms with van der Waals surface area (Å²) in [6, 6.07) is 6.19. The third-order valence-electron chi connectivity index (χ3n) is 2.63. The van der Waals surface area contributed by atoms with E-state index in [1.54, 1.807) is 7.11 Å². The van der Waals surface area contributed by atoms with Gasteiger partial charge in [0.1, 0.15) is 5.75 Å². The van der Waals surface area contributed by atoms with Crippen molar-refractivity contribution < 1.29 is 4.74 Å². The van der Waals surface area contributed by atoms with Crippen LogP contribution in [-0.2, 0) is 0 Å². The Bertz CT molecular complexity index is 388. The minimum Gasteiger partial charge on any atom is -0.497 e. The summed E-state index contributed by atoms with van der Waals surface area (Å²) >= 11 is 0. The van der Waals surface area contributed by atoms with Gasteiger partial charge < -0.3 is 4.74 Å². The molecule has 0 saturated heterocycles. The van der Waals surface area contributed by atoms with E-state index in [4.69, 9.17) is 4.74 Å². The summed E-state index contributed by atoms with van der Waals surface area (Å²) in [5, 5.41) is 0. The second-order valence-corrected chi connectivity index (χ2v) is 3.86. The zero-order chi connectivity index (χ0) is 12.0. The van der Waals surface area contributed by atoms with Crippen LogP contribution >= 0.6 is 0 Å². The summed E-state index contributed by atoms with van der Waals surface area (Å²) < 4.78 is 5.26. The first kappa shape index (κ1) is 12.6. The summed E-state index contributed by atoms with van der Waals surface area (Å²) in [5.74, 6) is 0.909. The Kier molecular flexibility index (Phi) is 4.84. The van der Waals surface area contributed by atoms with Crippen LogP contribution in [0.1, 0.15) is 30.9 Å². The second-order valence-electron chi connectivity index (χ2n) is 3.86. The summed E-state index contributed by atoms with van der Waals surface area (Å²) in [7, 11) is 1.70. The van der Waals surface area contributed by atoms with Crippen LogP contribution < -0.4 is 4.74 Å². The third kappa shape index (κ3) is 2.99. The van der Waals surface area contributed by atoms with Crippen molar-refractivity contribution in [3.8, 4) is 5.75 Å². The molecule has 0 unspecified atom stereocenters. The first-order valence-electron chi connectivity index (χ1n) is 5.69. The maximum absolute atomic E-state index is 5.26. The fourth-order valence-electron chi connectivity index (χ4n) is 1.79. The van der Waals surface area contributed by atoms with Gasteiger partial charge in [-0.25, -0.2) is 0 Å². The van der Waals surface area contributed by atoms with E-state index >= 15 is 0 Å². The zero-order valence-electron chi connectivity index (χ0n) is 10.4. The van der Waals surface area contributed by atoms with Gasteiger partial charge in [-0.05, 0) is 42.2 Å². The molecule has 0 aliphatic heterocycles. The van der Waals surface area contributed by atoms with Gasteiger partial charge in [0.05, 0.1) is 7.11 Å². The van der Waals surface area contributed by atoms with Crippen molar-refractivity contribution in [2.24, 2.45) is 0 Å². The van der Waals surface area contributed by atoms with Crippen LogP contribution in [0.15, 0.2) is 36.9 Å². The van der Waals surface area contributed by atoms with E-state index in [-0.39, 0.29) is 0 Å². The molecule has 1 nitrogen and oxygen atoms in total. The Hall–Kier alpha value is -1.50. The molecular formula is C15H20O. The smallest absolute Gasteiger partial charge is 0.119 e. The minimum atomic E-state index is 0.909. The molecule has 0 N–H and O–H groups in total. The molecule has 1 aromatic rings. The lowest BCUT2D eigenvalue weighted by atomic mass is 9.96. The fourth-order valence-corrected chi connectivity index (χ4v) is 1.79. The van der Waals surface area contributed by atoms with Gasteiger partial charge in [-0.2, -0.15) is 0 Å². The molecule has 1 aromatic carbocycles. The molecule has 0 radical (unpaired) electrons. The van der Waals surface area contributed by atoms with Crippen LogP contribution in [0.5, 0.6) is 5.75 Å². The quantitative estimate of drug-likeness (QED) is 0.664.